The van der Waals surface area contributed by atoms with E-state index in [0.717, 1.165) is 5.75 Å². The summed E-state index contributed by atoms with van der Waals surface area (Å²) in [5, 5.41) is 1.20. The molecule has 0 fully saturated rings. The van der Waals surface area contributed by atoms with Crippen molar-refractivity contribution in [2.75, 3.05) is 7.11 Å². The Labute approximate surface area is 228 Å². The minimum Gasteiger partial charge on any atom is -0.497 e. The van der Waals surface area contributed by atoms with Crippen molar-refractivity contribution in [1.82, 2.24) is 4.57 Å². The van der Waals surface area contributed by atoms with Crippen molar-refractivity contribution in [3.05, 3.63) is 155 Å². The second-order valence-electron chi connectivity index (χ2n) is 10.5. The molecule has 1 heterocycles. The Morgan fingerprint density at radius 1 is 0.615 bits per heavy atom. The van der Waals surface area contributed by atoms with Gasteiger partial charge in [-0.1, -0.05) is 109 Å². The number of hydrogen-bond acceptors (Lipinski definition) is 1. The fourth-order valence-corrected chi connectivity index (χ4v) is 7.11. The second-order valence-corrected chi connectivity index (χ2v) is 10.5. The molecule has 2 nitrogen and oxygen atoms in total. The van der Waals surface area contributed by atoms with Crippen LogP contribution in [0.5, 0.6) is 5.75 Å². The first kappa shape index (κ1) is 22.2. The fourth-order valence-electron chi connectivity index (χ4n) is 7.11. The van der Waals surface area contributed by atoms with Crippen LogP contribution in [0.2, 0.25) is 0 Å². The smallest absolute Gasteiger partial charge is 0.119 e. The summed E-state index contributed by atoms with van der Waals surface area (Å²) in [7, 11) is 3.92. The molecule has 0 saturated heterocycles. The number of allylic oxidation sites excluding steroid dienone is 1. The Morgan fingerprint density at radius 2 is 1.18 bits per heavy atom. The molecule has 0 bridgehead atoms. The summed E-state index contributed by atoms with van der Waals surface area (Å²) in [4.78, 5) is 0. The van der Waals surface area contributed by atoms with Crippen molar-refractivity contribution >= 4 is 16.5 Å². The van der Waals surface area contributed by atoms with Crippen molar-refractivity contribution in [3.8, 4) is 28.1 Å². The highest BCUT2D eigenvalue weighted by atomic mass is 16.5. The standard InChI is InChI=1S/C37H27NO/c1-38-34-21-20-25(39-2)22-29(34)35(36(38)24-12-4-3-5-13-24)30-23-37(33-19-11-8-16-28(30)33)31-17-9-6-14-26(31)27-15-7-10-18-32(27)37/h3-23H,1-2H3. The van der Waals surface area contributed by atoms with Gasteiger partial charge in [-0.25, -0.2) is 0 Å². The zero-order valence-corrected chi connectivity index (χ0v) is 22.0. The Bertz CT molecular complexity index is 1910. The third-order valence-corrected chi connectivity index (χ3v) is 8.72. The first-order valence-corrected chi connectivity index (χ1v) is 13.5. The van der Waals surface area contributed by atoms with Crippen molar-refractivity contribution in [1.29, 1.82) is 0 Å². The lowest BCUT2D eigenvalue weighted by Crippen LogP contribution is -2.22. The fraction of sp³-hybridized carbons (Fsp3) is 0.0811. The Kier molecular flexibility index (Phi) is 4.60. The minimum atomic E-state index is -0.339. The molecule has 2 aliphatic rings. The van der Waals surface area contributed by atoms with Gasteiger partial charge in [0.05, 0.1) is 18.2 Å². The quantitative estimate of drug-likeness (QED) is 0.237. The molecule has 0 unspecified atom stereocenters. The third kappa shape index (κ3) is 2.86. The highest BCUT2D eigenvalue weighted by Gasteiger charge is 2.48. The van der Waals surface area contributed by atoms with Crippen LogP contribution in [0.15, 0.2) is 127 Å². The number of ether oxygens (including phenoxy) is 1. The molecule has 0 amide bonds. The lowest BCUT2D eigenvalue weighted by molar-refractivity contribution is 0.415. The zero-order chi connectivity index (χ0) is 26.1. The molecule has 6 aromatic rings. The van der Waals surface area contributed by atoms with E-state index in [1.54, 1.807) is 7.11 Å². The van der Waals surface area contributed by atoms with Crippen molar-refractivity contribution in [3.63, 3.8) is 0 Å². The van der Waals surface area contributed by atoms with Gasteiger partial charge in [-0.15, -0.1) is 0 Å². The van der Waals surface area contributed by atoms with Crippen LogP contribution >= 0.6 is 0 Å². The van der Waals surface area contributed by atoms with Crippen LogP contribution in [0.4, 0.5) is 0 Å². The van der Waals surface area contributed by atoms with Crippen molar-refractivity contribution in [2.24, 2.45) is 7.05 Å². The van der Waals surface area contributed by atoms with Gasteiger partial charge in [0, 0.05) is 23.5 Å². The molecular formula is C37H27NO. The zero-order valence-electron chi connectivity index (χ0n) is 22.0. The van der Waals surface area contributed by atoms with Crippen LogP contribution in [0.1, 0.15) is 27.8 Å². The van der Waals surface area contributed by atoms with E-state index in [-0.39, 0.29) is 5.41 Å². The molecule has 0 saturated carbocycles. The molecule has 0 N–H and O–H groups in total. The van der Waals surface area contributed by atoms with E-state index < -0.39 is 0 Å². The number of fused-ring (bicyclic) bond motifs is 8. The van der Waals surface area contributed by atoms with Gasteiger partial charge in [0.25, 0.3) is 0 Å². The molecule has 0 radical (unpaired) electrons. The normalized spacial score (nSPS) is 14.3. The Hall–Kier alpha value is -4.82. The van der Waals surface area contributed by atoms with Crippen LogP contribution in [0.25, 0.3) is 38.9 Å². The topological polar surface area (TPSA) is 14.2 Å². The van der Waals surface area contributed by atoms with E-state index in [1.807, 2.05) is 0 Å². The van der Waals surface area contributed by atoms with Gasteiger partial charge in [0.2, 0.25) is 0 Å². The van der Waals surface area contributed by atoms with E-state index in [2.05, 4.69) is 139 Å². The molecule has 186 valence electrons. The molecule has 39 heavy (non-hydrogen) atoms. The van der Waals surface area contributed by atoms with Crippen LogP contribution in [-0.4, -0.2) is 11.7 Å². The number of rotatable bonds is 3. The highest BCUT2D eigenvalue weighted by molar-refractivity contribution is 6.08. The number of methoxy groups -OCH3 is 1. The minimum absolute atomic E-state index is 0.339. The highest BCUT2D eigenvalue weighted by Crippen LogP contribution is 2.60. The molecule has 8 rings (SSSR count). The molecule has 2 aliphatic carbocycles. The van der Waals surface area contributed by atoms with Gasteiger partial charge in [-0.3, -0.25) is 0 Å². The SMILES string of the molecule is COc1ccc2c(c1)c(C1=CC3(c4ccccc41)c1ccccc1-c1ccccc13)c(-c1ccccc1)n2C. The van der Waals surface area contributed by atoms with Crippen LogP contribution < -0.4 is 4.74 Å². The van der Waals surface area contributed by atoms with Crippen LogP contribution in [0.3, 0.4) is 0 Å². The Morgan fingerprint density at radius 3 is 1.82 bits per heavy atom. The lowest BCUT2D eigenvalue weighted by Gasteiger charge is -2.27. The summed E-state index contributed by atoms with van der Waals surface area (Å²) in [6.07, 6.45) is 2.54. The van der Waals surface area contributed by atoms with E-state index >= 15 is 0 Å². The van der Waals surface area contributed by atoms with E-state index in [0.29, 0.717) is 0 Å². The largest absolute Gasteiger partial charge is 0.497 e. The van der Waals surface area contributed by atoms with Crippen LogP contribution in [0, 0.1) is 0 Å². The predicted octanol–water partition coefficient (Wildman–Crippen LogP) is 8.61. The number of aryl methyl sites for hydroxylation is 1. The second kappa shape index (κ2) is 8.09. The van der Waals surface area contributed by atoms with E-state index in [4.69, 9.17) is 4.74 Å². The molecule has 2 heteroatoms. The molecule has 1 spiro atoms. The van der Waals surface area contributed by atoms with Crippen molar-refractivity contribution < 1.29 is 4.74 Å². The third-order valence-electron chi connectivity index (χ3n) is 8.72. The summed E-state index contributed by atoms with van der Waals surface area (Å²) in [6, 6.07) is 44.0. The summed E-state index contributed by atoms with van der Waals surface area (Å²) < 4.78 is 8.06. The average Bonchev–Trinajstić information content (AvgIpc) is 3.60. The van der Waals surface area contributed by atoms with Gasteiger partial charge in [-0.05, 0) is 62.7 Å². The maximum atomic E-state index is 5.72. The summed E-state index contributed by atoms with van der Waals surface area (Å²) in [6.45, 7) is 0. The molecule has 0 aliphatic heterocycles. The summed E-state index contributed by atoms with van der Waals surface area (Å²) >= 11 is 0. The molecule has 1 aromatic heterocycles. The monoisotopic (exact) mass is 501 g/mol. The summed E-state index contributed by atoms with van der Waals surface area (Å²) in [5.74, 6) is 0.868. The summed E-state index contributed by atoms with van der Waals surface area (Å²) in [5.41, 5.74) is 13.8. The lowest BCUT2D eigenvalue weighted by atomic mass is 9.74. The number of hydrogen-bond donors (Lipinski definition) is 0. The first-order valence-electron chi connectivity index (χ1n) is 13.5. The van der Waals surface area contributed by atoms with Crippen molar-refractivity contribution in [2.45, 2.75) is 5.41 Å². The molecule has 0 atom stereocenters. The molecular weight excluding hydrogens is 474 g/mol. The van der Waals surface area contributed by atoms with Gasteiger partial charge >= 0.3 is 0 Å². The van der Waals surface area contributed by atoms with Gasteiger partial charge in [-0.2, -0.15) is 0 Å². The van der Waals surface area contributed by atoms with Gasteiger partial charge < -0.3 is 9.30 Å². The number of nitrogens with zero attached hydrogens (tertiary/aromatic N) is 1. The van der Waals surface area contributed by atoms with Gasteiger partial charge in [0.15, 0.2) is 0 Å². The molecule has 5 aromatic carbocycles. The average molecular weight is 502 g/mol. The van der Waals surface area contributed by atoms with Gasteiger partial charge in [0.1, 0.15) is 5.75 Å². The van der Waals surface area contributed by atoms with E-state index in [9.17, 15) is 0 Å². The number of aromatic nitrogens is 1. The number of benzene rings is 5. The maximum absolute atomic E-state index is 5.72. The first-order chi connectivity index (χ1) is 19.2. The van der Waals surface area contributed by atoms with Crippen LogP contribution in [-0.2, 0) is 12.5 Å². The maximum Gasteiger partial charge on any atom is 0.119 e. The van der Waals surface area contributed by atoms with E-state index in [1.165, 1.54) is 66.7 Å². The Balaban J connectivity index is 1.53. The predicted molar refractivity (Wildman–Crippen MR) is 160 cm³/mol.